The number of nitrogens with zero attached hydrogens (tertiary/aromatic N) is 4. The lowest BCUT2D eigenvalue weighted by Crippen LogP contribution is -2.63. The van der Waals surface area contributed by atoms with Crippen molar-refractivity contribution in [3.8, 4) is 11.5 Å². The number of aryl methyl sites for hydroxylation is 1. The van der Waals surface area contributed by atoms with Crippen LogP contribution >= 0.6 is 11.6 Å². The first-order chi connectivity index (χ1) is 23.6. The van der Waals surface area contributed by atoms with Crippen LogP contribution in [0.5, 0.6) is 11.5 Å². The third-order valence-electron chi connectivity index (χ3n) is 9.83. The molecule has 2 aromatic rings. The average Bonchev–Trinajstić information content (AvgIpc) is 3.57. The van der Waals surface area contributed by atoms with Gasteiger partial charge in [-0.1, -0.05) is 48.0 Å². The van der Waals surface area contributed by atoms with Crippen molar-refractivity contribution in [1.82, 2.24) is 15.0 Å². The summed E-state index contributed by atoms with van der Waals surface area (Å²) in [6, 6.07) is 5.61. The minimum Gasteiger partial charge on any atom is -0.490 e. The minimum absolute atomic E-state index is 0.0481. The number of fused-ring (bicyclic) bond motifs is 2. The van der Waals surface area contributed by atoms with Gasteiger partial charge in [-0.25, -0.2) is 4.68 Å². The molecule has 2 aliphatic carbocycles. The third-order valence-corrected chi connectivity index (χ3v) is 10.1. The number of aliphatic hydroxyl groups excluding tert-OH is 2. The molecule has 0 bridgehead atoms. The second-order valence-corrected chi connectivity index (χ2v) is 13.1. The Balaban J connectivity index is 1.77. The second-order valence-electron chi connectivity index (χ2n) is 12.8. The molecule has 1 saturated carbocycles. The van der Waals surface area contributed by atoms with Gasteiger partial charge in [0, 0.05) is 37.0 Å². The molecule has 0 radical (unpaired) electrons. The van der Waals surface area contributed by atoms with Gasteiger partial charge < -0.3 is 29.3 Å². The molecule has 0 saturated heterocycles. The van der Waals surface area contributed by atoms with Crippen LogP contribution in [0.15, 0.2) is 66.5 Å². The van der Waals surface area contributed by atoms with Gasteiger partial charge in [-0.2, -0.15) is 0 Å². The number of aliphatic hydroxyl groups is 2. The van der Waals surface area contributed by atoms with Crippen molar-refractivity contribution in [3.05, 3.63) is 72.6 Å². The fourth-order valence-corrected chi connectivity index (χ4v) is 8.05. The monoisotopic (exact) mass is 682 g/mol. The van der Waals surface area contributed by atoms with E-state index in [2.05, 4.69) is 35.6 Å². The fraction of sp³-hybridized carbons (Fsp3) is 0.595. The normalized spacial score (nSPS) is 26.6. The lowest BCUT2D eigenvalue weighted by atomic mass is 9.55. The van der Waals surface area contributed by atoms with Crippen molar-refractivity contribution in [3.63, 3.8) is 0 Å². The van der Waals surface area contributed by atoms with Crippen LogP contribution in [0.2, 0.25) is 0 Å². The number of hydrogen-bond donors (Lipinski definition) is 2. The van der Waals surface area contributed by atoms with E-state index < -0.39 is 11.8 Å². The first-order valence-electron chi connectivity index (χ1n) is 17.5. The molecule has 48 heavy (non-hydrogen) atoms. The highest BCUT2D eigenvalue weighted by Gasteiger charge is 2.65. The number of hydrogen-bond acceptors (Lipinski definition) is 9. The number of allylic oxidation sites excluding steroid dienone is 1. The van der Waals surface area contributed by atoms with E-state index in [4.69, 9.17) is 35.8 Å². The average molecular weight is 683 g/mol. The van der Waals surface area contributed by atoms with Gasteiger partial charge in [0.2, 0.25) is 5.79 Å². The summed E-state index contributed by atoms with van der Waals surface area (Å²) in [7, 11) is 0. The van der Waals surface area contributed by atoms with Crippen LogP contribution in [-0.4, -0.2) is 75.6 Å². The SMILES string of the molecule is C=CCOc1ccc2c(c1)[C@H]1[C@H](CCCCO)[C@@H](CCCCO)C=C3C(=NOCC)C[C@H](n4nncc4CCCCl)[C@@](OCC=C)(O2)[C@H]31. The van der Waals surface area contributed by atoms with Crippen LogP contribution < -0.4 is 9.47 Å². The first-order valence-corrected chi connectivity index (χ1v) is 18.0. The van der Waals surface area contributed by atoms with Crippen LogP contribution in [0.25, 0.3) is 0 Å². The number of benzene rings is 1. The summed E-state index contributed by atoms with van der Waals surface area (Å²) in [5, 5.41) is 33.2. The first kappa shape index (κ1) is 36.1. The number of aromatic nitrogens is 3. The third kappa shape index (κ3) is 7.52. The zero-order valence-corrected chi connectivity index (χ0v) is 28.9. The van der Waals surface area contributed by atoms with E-state index in [1.807, 2.05) is 23.7 Å². The standard InChI is InChI=1S/C37H51ClN4O6/c1-4-20-45-28-15-16-33-31(23-28)35-29(14-8-10-19-44)26(12-7-9-18-43)22-30-32(40-47-6-3)24-34(37(48-33,36(30)35)46-21-5-2)42-27(13-11-17-38)25-39-41-42/h4-5,15-16,22-23,25-26,29,34-36,43-44H,1-2,6-14,17-21,24H2,3H3/t26-,29+,34-,35+,36+,37+/m0/s1. The summed E-state index contributed by atoms with van der Waals surface area (Å²) in [4.78, 5) is 5.79. The van der Waals surface area contributed by atoms with Crippen LogP contribution in [0.3, 0.4) is 0 Å². The molecule has 0 spiro atoms. The topological polar surface area (TPSA) is 120 Å². The van der Waals surface area contributed by atoms with E-state index in [1.165, 1.54) is 0 Å². The Bertz CT molecular complexity index is 1430. The molecule has 10 nitrogen and oxygen atoms in total. The molecule has 0 unspecified atom stereocenters. The Morgan fingerprint density at radius 1 is 1.10 bits per heavy atom. The quantitative estimate of drug-likeness (QED) is 0.0699. The molecular formula is C37H51ClN4O6. The molecule has 2 heterocycles. The molecule has 262 valence electrons. The van der Waals surface area contributed by atoms with E-state index in [0.717, 1.165) is 79.0 Å². The molecule has 1 aromatic carbocycles. The van der Waals surface area contributed by atoms with Gasteiger partial charge in [0.05, 0.1) is 30.1 Å². The molecule has 6 atom stereocenters. The number of rotatable bonds is 20. The number of halogens is 1. The largest absolute Gasteiger partial charge is 0.490 e. The fourth-order valence-electron chi connectivity index (χ4n) is 7.92. The molecule has 2 N–H and O–H groups in total. The second kappa shape index (κ2) is 17.5. The van der Waals surface area contributed by atoms with Crippen LogP contribution in [-0.2, 0) is 16.0 Å². The van der Waals surface area contributed by atoms with Crippen molar-refractivity contribution in [2.75, 3.05) is 38.9 Å². The zero-order valence-electron chi connectivity index (χ0n) is 28.1. The van der Waals surface area contributed by atoms with Gasteiger partial charge >= 0.3 is 0 Å². The van der Waals surface area contributed by atoms with Crippen molar-refractivity contribution >= 4 is 17.3 Å². The summed E-state index contributed by atoms with van der Waals surface area (Å²) in [5.41, 5.74) is 3.91. The highest BCUT2D eigenvalue weighted by atomic mass is 35.5. The molecule has 5 rings (SSSR count). The number of alkyl halides is 1. The lowest BCUT2D eigenvalue weighted by molar-refractivity contribution is -0.252. The number of ether oxygens (including phenoxy) is 3. The summed E-state index contributed by atoms with van der Waals surface area (Å²) >= 11 is 6.14. The lowest BCUT2D eigenvalue weighted by Gasteiger charge is -2.58. The molecule has 0 amide bonds. The van der Waals surface area contributed by atoms with Crippen molar-refractivity contribution in [1.29, 1.82) is 0 Å². The van der Waals surface area contributed by atoms with E-state index in [-0.39, 0.29) is 43.5 Å². The Morgan fingerprint density at radius 3 is 2.62 bits per heavy atom. The summed E-state index contributed by atoms with van der Waals surface area (Å²) in [6.07, 6.45) is 14.7. The summed E-state index contributed by atoms with van der Waals surface area (Å²) in [6.45, 7) is 11.2. The maximum absolute atomic E-state index is 9.79. The smallest absolute Gasteiger partial charge is 0.241 e. The van der Waals surface area contributed by atoms with Gasteiger partial charge in [0.15, 0.2) is 0 Å². The molecular weight excluding hydrogens is 632 g/mol. The molecule has 3 aliphatic rings. The van der Waals surface area contributed by atoms with Gasteiger partial charge in [-0.05, 0) is 81.1 Å². The Hall–Kier alpha value is -3.18. The van der Waals surface area contributed by atoms with E-state index in [9.17, 15) is 10.2 Å². The van der Waals surface area contributed by atoms with E-state index in [0.29, 0.717) is 31.9 Å². The molecule has 1 aromatic heterocycles. The molecule has 1 fully saturated rings. The predicted octanol–water partition coefficient (Wildman–Crippen LogP) is 6.54. The zero-order chi connectivity index (χ0) is 33.9. The van der Waals surface area contributed by atoms with E-state index >= 15 is 0 Å². The highest BCUT2D eigenvalue weighted by molar-refractivity contribution is 6.17. The van der Waals surface area contributed by atoms with Crippen molar-refractivity contribution in [2.45, 2.75) is 82.5 Å². The van der Waals surface area contributed by atoms with Gasteiger partial charge in [-0.15, -0.1) is 23.3 Å². The molecule has 1 aliphatic heterocycles. The summed E-state index contributed by atoms with van der Waals surface area (Å²) in [5.74, 6) is 0.883. The maximum Gasteiger partial charge on any atom is 0.241 e. The van der Waals surface area contributed by atoms with Gasteiger partial charge in [-0.3, -0.25) is 0 Å². The predicted molar refractivity (Wildman–Crippen MR) is 187 cm³/mol. The Morgan fingerprint density at radius 2 is 1.90 bits per heavy atom. The minimum atomic E-state index is -1.18. The van der Waals surface area contributed by atoms with Crippen LogP contribution in [0, 0.1) is 17.8 Å². The van der Waals surface area contributed by atoms with Crippen molar-refractivity contribution in [2.24, 2.45) is 22.9 Å². The molecule has 11 heteroatoms. The van der Waals surface area contributed by atoms with Crippen molar-refractivity contribution < 1.29 is 29.3 Å². The number of unbranched alkanes of at least 4 members (excludes halogenated alkanes) is 2. The maximum atomic E-state index is 9.79. The van der Waals surface area contributed by atoms with Crippen LogP contribution in [0.4, 0.5) is 0 Å². The van der Waals surface area contributed by atoms with E-state index in [1.54, 1.807) is 18.3 Å². The Kier molecular flexibility index (Phi) is 13.1. The van der Waals surface area contributed by atoms with Crippen LogP contribution in [0.1, 0.15) is 81.5 Å². The van der Waals surface area contributed by atoms with Gasteiger partial charge in [0.1, 0.15) is 30.8 Å². The van der Waals surface area contributed by atoms with Gasteiger partial charge in [0.25, 0.3) is 0 Å². The summed E-state index contributed by atoms with van der Waals surface area (Å²) < 4.78 is 22.2. The Labute approximate surface area is 289 Å². The number of oxime groups is 1. The highest BCUT2D eigenvalue weighted by Crippen LogP contribution is 2.63.